The van der Waals surface area contributed by atoms with E-state index in [2.05, 4.69) is 17.5 Å². The minimum Gasteiger partial charge on any atom is -0.393 e. The fraction of sp³-hybridized carbons (Fsp3) is 0.812. The average molecular weight is 280 g/mol. The Bertz CT molecular complexity index is 343. The third-order valence-corrected chi connectivity index (χ3v) is 4.64. The number of carbonyl (C=O) groups excluding carboxylic acids is 1. The molecule has 2 aliphatic carbocycles. The molecule has 2 amide bonds. The van der Waals surface area contributed by atoms with Crippen molar-refractivity contribution in [3.8, 4) is 0 Å². The Hall–Kier alpha value is -1.03. The molecule has 1 fully saturated rings. The lowest BCUT2D eigenvalue weighted by molar-refractivity contribution is 0.0564. The lowest BCUT2D eigenvalue weighted by atomic mass is 9.86. The second-order valence-corrected chi connectivity index (χ2v) is 6.33. The zero-order valence-electron chi connectivity index (χ0n) is 12.6. The summed E-state index contributed by atoms with van der Waals surface area (Å²) < 4.78 is 0. The van der Waals surface area contributed by atoms with E-state index >= 15 is 0 Å². The molecule has 1 saturated carbocycles. The average Bonchev–Trinajstić information content (AvgIpc) is 2.48. The first-order valence-electron chi connectivity index (χ1n) is 7.99. The molecule has 0 bridgehead atoms. The summed E-state index contributed by atoms with van der Waals surface area (Å²) in [6.45, 7) is 1.43. The van der Waals surface area contributed by atoms with Crippen LogP contribution in [0.25, 0.3) is 0 Å². The maximum atomic E-state index is 12.1. The number of amides is 2. The number of aliphatic hydroxyl groups is 1. The molecule has 0 aromatic heterocycles. The van der Waals surface area contributed by atoms with Crippen LogP contribution in [0.4, 0.5) is 4.79 Å². The van der Waals surface area contributed by atoms with Crippen LogP contribution in [0.1, 0.15) is 44.9 Å². The minimum atomic E-state index is -0.234. The smallest absolute Gasteiger partial charge is 0.317 e. The van der Waals surface area contributed by atoms with Gasteiger partial charge in [-0.3, -0.25) is 0 Å². The number of nitrogens with one attached hydrogen (secondary N) is 1. The Morgan fingerprint density at radius 1 is 1.30 bits per heavy atom. The van der Waals surface area contributed by atoms with Crippen molar-refractivity contribution < 1.29 is 9.90 Å². The Labute approximate surface area is 122 Å². The summed E-state index contributed by atoms with van der Waals surface area (Å²) in [6.07, 6.45) is 11.8. The third kappa shape index (κ3) is 4.51. The molecule has 2 rings (SSSR count). The van der Waals surface area contributed by atoms with Crippen molar-refractivity contribution >= 4 is 6.03 Å². The number of urea groups is 1. The van der Waals surface area contributed by atoms with Gasteiger partial charge in [0.1, 0.15) is 0 Å². The van der Waals surface area contributed by atoms with Gasteiger partial charge < -0.3 is 15.3 Å². The largest absolute Gasteiger partial charge is 0.393 e. The zero-order chi connectivity index (χ0) is 14.4. The molecule has 0 spiro atoms. The highest BCUT2D eigenvalue weighted by molar-refractivity contribution is 5.73. The van der Waals surface area contributed by atoms with Gasteiger partial charge in [-0.25, -0.2) is 4.79 Å². The number of allylic oxidation sites excluding steroid dienone is 2. The molecule has 0 aliphatic heterocycles. The first-order chi connectivity index (χ1) is 9.66. The summed E-state index contributed by atoms with van der Waals surface area (Å²) in [5, 5.41) is 13.0. The third-order valence-electron chi connectivity index (χ3n) is 4.64. The van der Waals surface area contributed by atoms with Gasteiger partial charge in [-0.15, -0.1) is 0 Å². The standard InChI is InChI=1S/C16H28N2O2/c1-18(12-14-9-5-6-10-15(14)19)16(20)17-11-13-7-3-2-4-8-13/h2-3,13-15,19H,4-12H2,1H3,(H,17,20)/t13-,14+,15-/m1/s1. The SMILES string of the molecule is CN(C[C@@H]1CCCC[C@H]1O)C(=O)NC[C@@H]1CC=CCC1. The quantitative estimate of drug-likeness (QED) is 0.778. The lowest BCUT2D eigenvalue weighted by Gasteiger charge is -2.31. The summed E-state index contributed by atoms with van der Waals surface area (Å²) >= 11 is 0. The van der Waals surface area contributed by atoms with Crippen LogP contribution in [0, 0.1) is 11.8 Å². The van der Waals surface area contributed by atoms with E-state index in [0.717, 1.165) is 38.6 Å². The molecule has 0 radical (unpaired) electrons. The Morgan fingerprint density at radius 2 is 2.10 bits per heavy atom. The van der Waals surface area contributed by atoms with Crippen LogP contribution >= 0.6 is 0 Å². The maximum Gasteiger partial charge on any atom is 0.317 e. The molecule has 0 unspecified atom stereocenters. The zero-order valence-corrected chi connectivity index (χ0v) is 12.6. The number of hydrogen-bond acceptors (Lipinski definition) is 2. The number of aliphatic hydroxyl groups excluding tert-OH is 1. The van der Waals surface area contributed by atoms with Gasteiger partial charge >= 0.3 is 6.03 Å². The van der Waals surface area contributed by atoms with Crippen LogP contribution in [0.3, 0.4) is 0 Å². The molecule has 20 heavy (non-hydrogen) atoms. The summed E-state index contributed by atoms with van der Waals surface area (Å²) in [6, 6.07) is -0.00248. The van der Waals surface area contributed by atoms with Crippen LogP contribution in [0.5, 0.6) is 0 Å². The van der Waals surface area contributed by atoms with E-state index in [9.17, 15) is 9.90 Å². The molecular formula is C16H28N2O2. The van der Waals surface area contributed by atoms with Crippen molar-refractivity contribution in [2.75, 3.05) is 20.1 Å². The highest BCUT2D eigenvalue weighted by Gasteiger charge is 2.25. The minimum absolute atomic E-state index is 0.00248. The fourth-order valence-electron chi connectivity index (χ4n) is 3.24. The van der Waals surface area contributed by atoms with Gasteiger partial charge in [0.25, 0.3) is 0 Å². The van der Waals surface area contributed by atoms with Crippen LogP contribution in [0.2, 0.25) is 0 Å². The Morgan fingerprint density at radius 3 is 2.80 bits per heavy atom. The normalized spacial score (nSPS) is 30.0. The molecule has 3 atom stereocenters. The fourth-order valence-corrected chi connectivity index (χ4v) is 3.24. The monoisotopic (exact) mass is 280 g/mol. The van der Waals surface area contributed by atoms with Crippen molar-refractivity contribution in [1.29, 1.82) is 0 Å². The molecule has 0 heterocycles. The predicted molar refractivity (Wildman–Crippen MR) is 80.5 cm³/mol. The first kappa shape index (κ1) is 15.4. The summed E-state index contributed by atoms with van der Waals surface area (Å²) in [4.78, 5) is 13.8. The molecule has 4 heteroatoms. The van der Waals surface area contributed by atoms with Gasteiger partial charge in [0, 0.05) is 26.1 Å². The number of nitrogens with zero attached hydrogens (tertiary/aromatic N) is 1. The van der Waals surface area contributed by atoms with Crippen molar-refractivity contribution in [1.82, 2.24) is 10.2 Å². The van der Waals surface area contributed by atoms with Gasteiger partial charge in [0.15, 0.2) is 0 Å². The van der Waals surface area contributed by atoms with E-state index in [1.165, 1.54) is 12.8 Å². The summed E-state index contributed by atoms with van der Waals surface area (Å²) in [5.74, 6) is 0.828. The van der Waals surface area contributed by atoms with E-state index in [1.807, 2.05) is 7.05 Å². The van der Waals surface area contributed by atoms with E-state index in [0.29, 0.717) is 12.5 Å². The van der Waals surface area contributed by atoms with Crippen molar-refractivity contribution in [3.05, 3.63) is 12.2 Å². The second kappa shape index (κ2) is 7.67. The summed E-state index contributed by atoms with van der Waals surface area (Å²) in [7, 11) is 1.83. The number of carbonyl (C=O) groups is 1. The van der Waals surface area contributed by atoms with Crippen molar-refractivity contribution in [2.45, 2.75) is 51.0 Å². The molecule has 0 aromatic carbocycles. The maximum absolute atomic E-state index is 12.1. The van der Waals surface area contributed by atoms with E-state index < -0.39 is 0 Å². The van der Waals surface area contributed by atoms with Gasteiger partial charge in [-0.05, 0) is 38.0 Å². The molecule has 0 aromatic rings. The van der Waals surface area contributed by atoms with E-state index in [4.69, 9.17) is 0 Å². The summed E-state index contributed by atoms with van der Waals surface area (Å²) in [5.41, 5.74) is 0. The van der Waals surface area contributed by atoms with E-state index in [1.54, 1.807) is 4.90 Å². The molecule has 0 saturated heterocycles. The highest BCUT2D eigenvalue weighted by Crippen LogP contribution is 2.25. The molecule has 114 valence electrons. The second-order valence-electron chi connectivity index (χ2n) is 6.33. The van der Waals surface area contributed by atoms with Crippen LogP contribution < -0.4 is 5.32 Å². The highest BCUT2D eigenvalue weighted by atomic mass is 16.3. The molecule has 4 nitrogen and oxygen atoms in total. The van der Waals surface area contributed by atoms with E-state index in [-0.39, 0.29) is 18.1 Å². The van der Waals surface area contributed by atoms with Crippen molar-refractivity contribution in [2.24, 2.45) is 11.8 Å². The molecule has 2 aliphatic rings. The van der Waals surface area contributed by atoms with Crippen LogP contribution in [-0.2, 0) is 0 Å². The van der Waals surface area contributed by atoms with Gasteiger partial charge in [0.05, 0.1) is 6.10 Å². The predicted octanol–water partition coefficient (Wildman–Crippen LogP) is 2.54. The van der Waals surface area contributed by atoms with Crippen molar-refractivity contribution in [3.63, 3.8) is 0 Å². The Balaban J connectivity index is 1.69. The van der Waals surface area contributed by atoms with Gasteiger partial charge in [-0.2, -0.15) is 0 Å². The number of rotatable bonds is 4. The van der Waals surface area contributed by atoms with Gasteiger partial charge in [0.2, 0.25) is 0 Å². The topological polar surface area (TPSA) is 52.6 Å². The van der Waals surface area contributed by atoms with Crippen LogP contribution in [-0.4, -0.2) is 42.3 Å². The van der Waals surface area contributed by atoms with Crippen LogP contribution in [0.15, 0.2) is 12.2 Å². The van der Waals surface area contributed by atoms with Gasteiger partial charge in [-0.1, -0.05) is 25.0 Å². The molecular weight excluding hydrogens is 252 g/mol. The lowest BCUT2D eigenvalue weighted by Crippen LogP contribution is -2.44. The molecule has 2 N–H and O–H groups in total. The first-order valence-corrected chi connectivity index (χ1v) is 7.99. The number of hydrogen-bond donors (Lipinski definition) is 2. The Kier molecular flexibility index (Phi) is 5.89.